The molecule has 1 aliphatic carbocycles. The molecule has 1 fully saturated rings. The van der Waals surface area contributed by atoms with Crippen molar-refractivity contribution in [1.82, 2.24) is 5.32 Å². The van der Waals surface area contributed by atoms with Crippen LogP contribution in [0.3, 0.4) is 0 Å². The van der Waals surface area contributed by atoms with Gasteiger partial charge in [0.2, 0.25) is 0 Å². The van der Waals surface area contributed by atoms with E-state index in [2.05, 4.69) is 17.9 Å². The highest BCUT2D eigenvalue weighted by Gasteiger charge is 2.20. The molecule has 0 unspecified atom stereocenters. The number of rotatable bonds is 3. The van der Waals surface area contributed by atoms with E-state index >= 15 is 0 Å². The number of aliphatic hydroxyl groups is 1. The maximum atomic E-state index is 12.0. The second-order valence-corrected chi connectivity index (χ2v) is 5.38. The van der Waals surface area contributed by atoms with Gasteiger partial charge in [0.25, 0.3) is 5.91 Å². The first kappa shape index (κ1) is 13.4. The average Bonchev–Trinajstić information content (AvgIpc) is 2.38. The number of amides is 1. The van der Waals surface area contributed by atoms with Crippen molar-refractivity contribution in [3.05, 3.63) is 29.8 Å². The molecule has 2 N–H and O–H groups in total. The van der Waals surface area contributed by atoms with Crippen LogP contribution in [0, 0.1) is 5.92 Å². The van der Waals surface area contributed by atoms with Crippen LogP contribution in [0.15, 0.2) is 29.2 Å². The van der Waals surface area contributed by atoms with E-state index in [-0.39, 0.29) is 12.0 Å². The van der Waals surface area contributed by atoms with Crippen LogP contribution in [0.25, 0.3) is 0 Å². The molecular weight excluding hydrogens is 246 g/mol. The van der Waals surface area contributed by atoms with E-state index < -0.39 is 0 Å². The SMILES string of the molecule is O=C(NCC1CCC(O)CC1)c1ccccc1S. The fraction of sp³-hybridized carbons (Fsp3) is 0.500. The molecule has 0 atom stereocenters. The minimum Gasteiger partial charge on any atom is -0.393 e. The molecule has 0 bridgehead atoms. The number of hydrogen-bond donors (Lipinski definition) is 3. The van der Waals surface area contributed by atoms with Crippen LogP contribution in [-0.4, -0.2) is 23.7 Å². The van der Waals surface area contributed by atoms with Gasteiger partial charge in [0.15, 0.2) is 0 Å². The second-order valence-electron chi connectivity index (χ2n) is 4.90. The van der Waals surface area contributed by atoms with Gasteiger partial charge in [-0.05, 0) is 43.7 Å². The maximum absolute atomic E-state index is 12.0. The minimum atomic E-state index is -0.143. The quantitative estimate of drug-likeness (QED) is 0.734. The van der Waals surface area contributed by atoms with Crippen molar-refractivity contribution in [3.8, 4) is 0 Å². The van der Waals surface area contributed by atoms with E-state index in [0.717, 1.165) is 25.7 Å². The molecule has 1 amide bonds. The van der Waals surface area contributed by atoms with Crippen molar-refractivity contribution < 1.29 is 9.90 Å². The van der Waals surface area contributed by atoms with Crippen molar-refractivity contribution >= 4 is 18.5 Å². The van der Waals surface area contributed by atoms with Gasteiger partial charge < -0.3 is 10.4 Å². The van der Waals surface area contributed by atoms with Gasteiger partial charge in [-0.1, -0.05) is 12.1 Å². The van der Waals surface area contributed by atoms with E-state index in [0.29, 0.717) is 22.9 Å². The molecule has 0 aromatic heterocycles. The number of nitrogens with one attached hydrogen (secondary N) is 1. The van der Waals surface area contributed by atoms with Crippen LogP contribution < -0.4 is 5.32 Å². The second kappa shape index (κ2) is 6.25. The lowest BCUT2D eigenvalue weighted by molar-refractivity contribution is 0.0908. The number of thiol groups is 1. The molecule has 1 aliphatic rings. The molecule has 1 aromatic rings. The summed E-state index contributed by atoms with van der Waals surface area (Å²) < 4.78 is 0. The van der Waals surface area contributed by atoms with E-state index in [4.69, 9.17) is 0 Å². The van der Waals surface area contributed by atoms with Gasteiger partial charge in [0, 0.05) is 11.4 Å². The van der Waals surface area contributed by atoms with Crippen LogP contribution in [0.2, 0.25) is 0 Å². The van der Waals surface area contributed by atoms with Crippen molar-refractivity contribution in [2.45, 2.75) is 36.7 Å². The van der Waals surface area contributed by atoms with Gasteiger partial charge >= 0.3 is 0 Å². The standard InChI is InChI=1S/C14H19NO2S/c16-11-7-5-10(6-8-11)9-15-14(17)12-3-1-2-4-13(12)18/h1-4,10-11,16,18H,5-9H2,(H,15,17). The van der Waals surface area contributed by atoms with Crippen LogP contribution in [-0.2, 0) is 0 Å². The van der Waals surface area contributed by atoms with Gasteiger partial charge in [-0.25, -0.2) is 0 Å². The molecule has 0 heterocycles. The molecule has 1 saturated carbocycles. The number of carbonyl (C=O) groups excluding carboxylic acids is 1. The van der Waals surface area contributed by atoms with Gasteiger partial charge in [-0.15, -0.1) is 12.6 Å². The van der Waals surface area contributed by atoms with Crippen molar-refractivity contribution in [2.75, 3.05) is 6.54 Å². The van der Waals surface area contributed by atoms with Crippen LogP contribution in [0.5, 0.6) is 0 Å². The predicted octanol–water partition coefficient (Wildman–Crippen LogP) is 2.26. The van der Waals surface area contributed by atoms with Crippen molar-refractivity contribution in [1.29, 1.82) is 0 Å². The Morgan fingerprint density at radius 1 is 1.28 bits per heavy atom. The zero-order chi connectivity index (χ0) is 13.0. The number of benzene rings is 1. The lowest BCUT2D eigenvalue weighted by Crippen LogP contribution is -2.32. The molecule has 0 radical (unpaired) electrons. The number of carbonyl (C=O) groups is 1. The average molecular weight is 265 g/mol. The minimum absolute atomic E-state index is 0.0632. The number of hydrogen-bond acceptors (Lipinski definition) is 3. The van der Waals surface area contributed by atoms with Gasteiger partial charge in [-0.2, -0.15) is 0 Å². The topological polar surface area (TPSA) is 49.3 Å². The summed E-state index contributed by atoms with van der Waals surface area (Å²) >= 11 is 4.28. The lowest BCUT2D eigenvalue weighted by atomic mass is 9.87. The molecule has 4 heteroatoms. The third-order valence-corrected chi connectivity index (χ3v) is 3.91. The van der Waals surface area contributed by atoms with Crippen molar-refractivity contribution in [2.24, 2.45) is 5.92 Å². The summed E-state index contributed by atoms with van der Waals surface area (Å²) in [5.74, 6) is 0.427. The highest BCUT2D eigenvalue weighted by molar-refractivity contribution is 7.80. The molecule has 0 spiro atoms. The predicted molar refractivity (Wildman–Crippen MR) is 74.0 cm³/mol. The molecule has 1 aromatic carbocycles. The van der Waals surface area contributed by atoms with Gasteiger partial charge in [-0.3, -0.25) is 4.79 Å². The summed E-state index contributed by atoms with van der Waals surface area (Å²) in [6.07, 6.45) is 3.54. The first-order valence-electron chi connectivity index (χ1n) is 6.41. The molecular formula is C14H19NO2S. The highest BCUT2D eigenvalue weighted by Crippen LogP contribution is 2.23. The van der Waals surface area contributed by atoms with E-state index in [1.54, 1.807) is 6.07 Å². The van der Waals surface area contributed by atoms with E-state index in [9.17, 15) is 9.90 Å². The maximum Gasteiger partial charge on any atom is 0.252 e. The zero-order valence-electron chi connectivity index (χ0n) is 10.3. The lowest BCUT2D eigenvalue weighted by Gasteiger charge is -2.25. The molecule has 0 aliphatic heterocycles. The summed E-state index contributed by atoms with van der Waals surface area (Å²) in [5, 5.41) is 12.4. The molecule has 98 valence electrons. The Morgan fingerprint density at radius 2 is 1.94 bits per heavy atom. The monoisotopic (exact) mass is 265 g/mol. The Morgan fingerprint density at radius 3 is 2.61 bits per heavy atom. The normalized spacial score (nSPS) is 23.7. The fourth-order valence-corrected chi connectivity index (χ4v) is 2.61. The summed E-state index contributed by atoms with van der Waals surface area (Å²) in [7, 11) is 0. The van der Waals surface area contributed by atoms with E-state index in [1.165, 1.54) is 0 Å². The number of aliphatic hydroxyl groups excluding tert-OH is 1. The summed E-state index contributed by atoms with van der Waals surface area (Å²) in [6, 6.07) is 7.30. The fourth-order valence-electron chi connectivity index (χ4n) is 2.35. The smallest absolute Gasteiger partial charge is 0.252 e. The Kier molecular flexibility index (Phi) is 4.66. The Balaban J connectivity index is 1.84. The third kappa shape index (κ3) is 3.50. The van der Waals surface area contributed by atoms with Gasteiger partial charge in [0.05, 0.1) is 11.7 Å². The molecule has 3 nitrogen and oxygen atoms in total. The summed E-state index contributed by atoms with van der Waals surface area (Å²) in [5.41, 5.74) is 0.622. The van der Waals surface area contributed by atoms with Crippen LogP contribution >= 0.6 is 12.6 Å². The van der Waals surface area contributed by atoms with Crippen LogP contribution in [0.1, 0.15) is 36.0 Å². The highest BCUT2D eigenvalue weighted by atomic mass is 32.1. The van der Waals surface area contributed by atoms with E-state index in [1.807, 2.05) is 18.2 Å². The first-order chi connectivity index (χ1) is 8.66. The first-order valence-corrected chi connectivity index (χ1v) is 6.86. The Hall–Kier alpha value is -1.00. The molecule has 2 rings (SSSR count). The zero-order valence-corrected chi connectivity index (χ0v) is 11.2. The molecule has 0 saturated heterocycles. The Labute approximate surface area is 113 Å². The summed E-state index contributed by atoms with van der Waals surface area (Å²) in [4.78, 5) is 12.7. The van der Waals surface area contributed by atoms with Crippen LogP contribution in [0.4, 0.5) is 0 Å². The van der Waals surface area contributed by atoms with Gasteiger partial charge in [0.1, 0.15) is 0 Å². The molecule has 18 heavy (non-hydrogen) atoms. The Bertz CT molecular complexity index is 414. The largest absolute Gasteiger partial charge is 0.393 e. The third-order valence-electron chi connectivity index (χ3n) is 3.52. The van der Waals surface area contributed by atoms with Crippen molar-refractivity contribution in [3.63, 3.8) is 0 Å². The summed E-state index contributed by atoms with van der Waals surface area (Å²) in [6.45, 7) is 0.688.